The molecule has 0 aromatic heterocycles. The first-order chi connectivity index (χ1) is 16.2. The van der Waals surface area contributed by atoms with Gasteiger partial charge in [0.25, 0.3) is 0 Å². The molecule has 0 aromatic rings. The molecule has 0 unspecified atom stereocenters. The summed E-state index contributed by atoms with van der Waals surface area (Å²) in [6.45, 7) is 9.53. The van der Waals surface area contributed by atoms with Crippen LogP contribution >= 0.6 is 0 Å². The van der Waals surface area contributed by atoms with Crippen molar-refractivity contribution in [2.75, 3.05) is 7.11 Å². The molecular formula is C29H44O5. The predicted molar refractivity (Wildman–Crippen MR) is 131 cm³/mol. The lowest BCUT2D eigenvalue weighted by molar-refractivity contribution is -0.497. The first-order valence-electron chi connectivity index (χ1n) is 13.7. The van der Waals surface area contributed by atoms with Gasteiger partial charge in [0.2, 0.25) is 0 Å². The van der Waals surface area contributed by atoms with E-state index in [9.17, 15) is 4.79 Å². The Bertz CT molecular complexity index is 851. The Labute approximate surface area is 205 Å². The molecule has 190 valence electrons. The maximum absolute atomic E-state index is 11.7. The lowest BCUT2D eigenvalue weighted by atomic mass is 9.43. The van der Waals surface area contributed by atoms with E-state index in [4.69, 9.17) is 19.2 Å². The van der Waals surface area contributed by atoms with Crippen LogP contribution in [0.4, 0.5) is 4.79 Å². The summed E-state index contributed by atoms with van der Waals surface area (Å²) in [5.74, 6) is 2.31. The second-order valence-corrected chi connectivity index (χ2v) is 12.5. The van der Waals surface area contributed by atoms with E-state index < -0.39 is 11.8 Å². The lowest BCUT2D eigenvalue weighted by Gasteiger charge is -2.69. The van der Waals surface area contributed by atoms with Crippen molar-refractivity contribution in [1.82, 2.24) is 0 Å². The van der Waals surface area contributed by atoms with Crippen molar-refractivity contribution in [3.63, 3.8) is 0 Å². The van der Waals surface area contributed by atoms with Gasteiger partial charge in [-0.05, 0) is 74.7 Å². The molecule has 0 aromatic carbocycles. The van der Waals surface area contributed by atoms with Gasteiger partial charge in [0.1, 0.15) is 17.3 Å². The number of carbonyl (C=O) groups is 1. The van der Waals surface area contributed by atoms with Crippen molar-refractivity contribution in [1.29, 1.82) is 0 Å². The van der Waals surface area contributed by atoms with Gasteiger partial charge < -0.3 is 9.47 Å². The Hall–Kier alpha value is -1.33. The van der Waals surface area contributed by atoms with E-state index in [1.165, 1.54) is 52.1 Å². The summed E-state index contributed by atoms with van der Waals surface area (Å²) in [6.07, 6.45) is 19.8. The van der Waals surface area contributed by atoms with Gasteiger partial charge in [-0.2, -0.15) is 0 Å². The van der Waals surface area contributed by atoms with Gasteiger partial charge >= 0.3 is 6.16 Å². The van der Waals surface area contributed by atoms with Gasteiger partial charge in [0, 0.05) is 23.7 Å². The largest absolute Gasteiger partial charge is 0.508 e. The van der Waals surface area contributed by atoms with Crippen molar-refractivity contribution in [2.45, 2.75) is 109 Å². The normalized spacial score (nSPS) is 47.7. The summed E-state index contributed by atoms with van der Waals surface area (Å²) < 4.78 is 10.3. The molecule has 5 heteroatoms. The molecule has 4 fully saturated rings. The van der Waals surface area contributed by atoms with Crippen molar-refractivity contribution in [2.24, 2.45) is 34.5 Å². The van der Waals surface area contributed by atoms with Crippen LogP contribution in [0.5, 0.6) is 0 Å². The monoisotopic (exact) mass is 472 g/mol. The molecular weight excluding hydrogens is 428 g/mol. The third-order valence-corrected chi connectivity index (χ3v) is 10.9. The van der Waals surface area contributed by atoms with E-state index in [0.29, 0.717) is 30.1 Å². The number of hydrogen-bond donors (Lipinski definition) is 0. The predicted octanol–water partition coefficient (Wildman–Crippen LogP) is 7.16. The fourth-order valence-corrected chi connectivity index (χ4v) is 8.89. The highest BCUT2D eigenvalue weighted by atomic mass is 17.2. The molecule has 2 heterocycles. The Kier molecular flexibility index (Phi) is 6.20. The maximum atomic E-state index is 11.7. The van der Waals surface area contributed by atoms with Crippen LogP contribution in [-0.4, -0.2) is 30.6 Å². The Morgan fingerprint density at radius 1 is 1.12 bits per heavy atom. The van der Waals surface area contributed by atoms with Gasteiger partial charge in [0.15, 0.2) is 0 Å². The minimum atomic E-state index is -0.612. The van der Waals surface area contributed by atoms with Gasteiger partial charge in [-0.1, -0.05) is 52.3 Å². The molecule has 2 bridgehead atoms. The van der Waals surface area contributed by atoms with E-state index in [0.717, 1.165) is 12.8 Å². The van der Waals surface area contributed by atoms with Crippen molar-refractivity contribution >= 4 is 6.16 Å². The molecule has 9 atom stereocenters. The Balaban J connectivity index is 1.37. The molecule has 0 amide bonds. The van der Waals surface area contributed by atoms with E-state index in [-0.39, 0.29) is 22.5 Å². The Morgan fingerprint density at radius 2 is 1.94 bits per heavy atom. The standard InChI is InChI=1S/C29H44O5/c1-6-8-20(2)9-7-10-21-11-12-23-26(21,3)15-14-24-27(4)16-13-22(32-25(30)31-5)19-28(27)17-18-29(23,24)34-33-28/h7,9,17-18,20-24H,6,8,10-16,19H2,1-5H3/b9-7+/t20-,21+,22+,23-,24-,26-,27-,28-,29+/m0/s1. The average Bonchev–Trinajstić information content (AvgIpc) is 3.16. The highest BCUT2D eigenvalue weighted by Crippen LogP contribution is 2.72. The molecule has 2 aliphatic heterocycles. The molecule has 6 aliphatic rings. The minimum absolute atomic E-state index is 0.00904. The third-order valence-electron chi connectivity index (χ3n) is 10.9. The zero-order valence-corrected chi connectivity index (χ0v) is 21.8. The van der Waals surface area contributed by atoms with E-state index >= 15 is 0 Å². The second-order valence-electron chi connectivity index (χ2n) is 12.5. The number of fused-ring (bicyclic) bond motifs is 2. The maximum Gasteiger partial charge on any atom is 0.508 e. The molecule has 5 nitrogen and oxygen atoms in total. The number of rotatable bonds is 6. The van der Waals surface area contributed by atoms with Crippen molar-refractivity contribution < 1.29 is 24.0 Å². The van der Waals surface area contributed by atoms with Crippen LogP contribution in [0.2, 0.25) is 0 Å². The molecule has 1 saturated heterocycles. The number of methoxy groups -OCH3 is 1. The highest BCUT2D eigenvalue weighted by Gasteiger charge is 2.74. The zero-order valence-electron chi connectivity index (χ0n) is 21.8. The van der Waals surface area contributed by atoms with Crippen molar-refractivity contribution in [3.05, 3.63) is 24.3 Å². The first kappa shape index (κ1) is 24.4. The molecule has 2 spiro atoms. The number of hydrogen-bond acceptors (Lipinski definition) is 5. The van der Waals surface area contributed by atoms with Crippen LogP contribution in [0.15, 0.2) is 24.3 Å². The van der Waals surface area contributed by atoms with E-state index in [2.05, 4.69) is 52.0 Å². The summed E-state index contributed by atoms with van der Waals surface area (Å²) >= 11 is 0. The molecule has 0 N–H and O–H groups in total. The molecule has 6 rings (SSSR count). The summed E-state index contributed by atoms with van der Waals surface area (Å²) in [7, 11) is 1.36. The molecule has 3 saturated carbocycles. The van der Waals surface area contributed by atoms with E-state index in [1.54, 1.807) is 0 Å². The van der Waals surface area contributed by atoms with Crippen LogP contribution < -0.4 is 0 Å². The van der Waals surface area contributed by atoms with Gasteiger partial charge in [0.05, 0.1) is 7.11 Å². The first-order valence-corrected chi connectivity index (χ1v) is 13.7. The van der Waals surface area contributed by atoms with Crippen LogP contribution in [0.25, 0.3) is 0 Å². The van der Waals surface area contributed by atoms with Crippen LogP contribution in [0, 0.1) is 34.5 Å². The summed E-state index contributed by atoms with van der Waals surface area (Å²) in [5.41, 5.74) is -0.583. The zero-order chi connectivity index (χ0) is 24.2. The Morgan fingerprint density at radius 3 is 2.65 bits per heavy atom. The number of ether oxygens (including phenoxy) is 2. The van der Waals surface area contributed by atoms with Gasteiger partial charge in [-0.15, -0.1) is 0 Å². The van der Waals surface area contributed by atoms with Crippen molar-refractivity contribution in [3.8, 4) is 0 Å². The fraction of sp³-hybridized carbons (Fsp3) is 0.828. The number of allylic oxidation sites excluding steroid dienone is 2. The SMILES string of the molecule is CCC[C@H](C)/C=C/C[C@@H]1CC[C@H]2[C@@]1(C)CC[C@@H]1[C@@]23C=C[C@@]2(C[C@H](OC(=O)OC)CC[C@@]12C)OO3. The highest BCUT2D eigenvalue weighted by molar-refractivity contribution is 5.59. The van der Waals surface area contributed by atoms with Crippen LogP contribution in [0.1, 0.15) is 91.9 Å². The molecule has 0 radical (unpaired) electrons. The minimum Gasteiger partial charge on any atom is -0.438 e. The smallest absolute Gasteiger partial charge is 0.438 e. The van der Waals surface area contributed by atoms with Crippen LogP contribution in [-0.2, 0) is 19.2 Å². The molecule has 4 aliphatic carbocycles. The fourth-order valence-electron chi connectivity index (χ4n) is 8.89. The van der Waals surface area contributed by atoms with E-state index in [1.807, 2.05) is 0 Å². The summed E-state index contributed by atoms with van der Waals surface area (Å²) in [4.78, 5) is 24.6. The third kappa shape index (κ3) is 3.43. The quantitative estimate of drug-likeness (QED) is 0.233. The molecule has 34 heavy (non-hydrogen) atoms. The van der Waals surface area contributed by atoms with Gasteiger partial charge in [-0.25, -0.2) is 14.6 Å². The second kappa shape index (κ2) is 8.65. The lowest BCUT2D eigenvalue weighted by Crippen LogP contribution is -2.73. The number of carbonyl (C=O) groups excluding carboxylic acids is 1. The van der Waals surface area contributed by atoms with Crippen LogP contribution in [0.3, 0.4) is 0 Å². The van der Waals surface area contributed by atoms with Gasteiger partial charge in [-0.3, -0.25) is 0 Å². The summed E-state index contributed by atoms with van der Waals surface area (Å²) in [5, 5.41) is 0. The average molecular weight is 473 g/mol. The topological polar surface area (TPSA) is 54.0 Å². The summed E-state index contributed by atoms with van der Waals surface area (Å²) in [6, 6.07) is 0.